The van der Waals surface area contributed by atoms with Crippen molar-refractivity contribution in [2.45, 2.75) is 31.1 Å². The summed E-state index contributed by atoms with van der Waals surface area (Å²) in [5.74, 6) is -1.16. The van der Waals surface area contributed by atoms with Crippen molar-refractivity contribution in [1.29, 1.82) is 0 Å². The number of carbonyl (C=O) groups excluding carboxylic acids is 2. The molecule has 0 saturated heterocycles. The molecule has 0 radical (unpaired) electrons. The van der Waals surface area contributed by atoms with Crippen LogP contribution in [0.3, 0.4) is 0 Å². The second-order valence-corrected chi connectivity index (χ2v) is 5.05. The van der Waals surface area contributed by atoms with Crippen molar-refractivity contribution >= 4 is 11.9 Å². The van der Waals surface area contributed by atoms with Crippen molar-refractivity contribution in [3.05, 3.63) is 35.6 Å². The molecule has 0 unspecified atom stereocenters. The second kappa shape index (κ2) is 6.03. The number of ether oxygens (including phenoxy) is 1. The van der Waals surface area contributed by atoms with Gasteiger partial charge in [-0.25, -0.2) is 4.39 Å². The van der Waals surface area contributed by atoms with Gasteiger partial charge in [0, 0.05) is 7.05 Å². The van der Waals surface area contributed by atoms with Gasteiger partial charge in [0.1, 0.15) is 5.82 Å². The monoisotopic (exact) mass is 279 g/mol. The van der Waals surface area contributed by atoms with Gasteiger partial charge in [-0.05, 0) is 30.5 Å². The smallest absolute Gasteiger partial charge is 0.317 e. The average Bonchev–Trinajstić information content (AvgIpc) is 2.95. The van der Waals surface area contributed by atoms with E-state index in [1.54, 1.807) is 12.1 Å². The maximum absolute atomic E-state index is 13.4. The summed E-state index contributed by atoms with van der Waals surface area (Å²) in [7, 11) is 1.48. The Kier molecular flexibility index (Phi) is 4.37. The molecule has 1 amide bonds. The number of benzene rings is 1. The number of hydrogen-bond acceptors (Lipinski definition) is 3. The molecule has 2 rings (SSSR count). The number of carbonyl (C=O) groups is 2. The highest BCUT2D eigenvalue weighted by Gasteiger charge is 2.44. The minimum absolute atomic E-state index is 0.299. The molecule has 5 heteroatoms. The van der Waals surface area contributed by atoms with E-state index in [0.717, 1.165) is 12.8 Å². The fourth-order valence-electron chi connectivity index (χ4n) is 2.72. The van der Waals surface area contributed by atoms with Crippen LogP contribution < -0.4 is 5.32 Å². The zero-order valence-electron chi connectivity index (χ0n) is 11.4. The zero-order chi connectivity index (χ0) is 14.6. The second-order valence-electron chi connectivity index (χ2n) is 5.05. The van der Waals surface area contributed by atoms with Crippen molar-refractivity contribution in [2.75, 3.05) is 13.7 Å². The molecule has 0 spiro atoms. The number of amides is 1. The quantitative estimate of drug-likeness (QED) is 0.857. The summed E-state index contributed by atoms with van der Waals surface area (Å²) in [5.41, 5.74) is -0.173. The molecule has 0 heterocycles. The lowest BCUT2D eigenvalue weighted by Crippen LogP contribution is -2.37. The molecule has 1 aliphatic carbocycles. The minimum Gasteiger partial charge on any atom is -0.455 e. The Labute approximate surface area is 117 Å². The molecule has 0 aliphatic heterocycles. The van der Waals surface area contributed by atoms with E-state index < -0.39 is 11.4 Å². The highest BCUT2D eigenvalue weighted by atomic mass is 19.1. The van der Waals surface area contributed by atoms with Crippen LogP contribution in [-0.2, 0) is 19.7 Å². The summed E-state index contributed by atoms with van der Waals surface area (Å²) in [6.45, 7) is -0.299. The van der Waals surface area contributed by atoms with Gasteiger partial charge in [-0.1, -0.05) is 25.0 Å². The number of halogens is 1. The first-order valence-corrected chi connectivity index (χ1v) is 6.72. The third-order valence-corrected chi connectivity index (χ3v) is 3.84. The molecule has 1 aliphatic rings. The summed E-state index contributed by atoms with van der Waals surface area (Å²) in [6, 6.07) is 6.07. The van der Waals surface area contributed by atoms with Gasteiger partial charge in [0.2, 0.25) is 0 Å². The molecular formula is C15H18FNO3. The van der Waals surface area contributed by atoms with Crippen molar-refractivity contribution in [3.63, 3.8) is 0 Å². The first-order valence-electron chi connectivity index (χ1n) is 6.72. The maximum atomic E-state index is 13.4. The van der Waals surface area contributed by atoms with Crippen molar-refractivity contribution in [2.24, 2.45) is 0 Å². The van der Waals surface area contributed by atoms with Crippen LogP contribution in [0.15, 0.2) is 24.3 Å². The predicted octanol–water partition coefficient (Wildman–Crippen LogP) is 1.93. The third kappa shape index (κ3) is 2.81. The molecule has 0 aromatic heterocycles. The van der Waals surface area contributed by atoms with Gasteiger partial charge < -0.3 is 10.1 Å². The highest BCUT2D eigenvalue weighted by Crippen LogP contribution is 2.42. The number of rotatable bonds is 4. The molecule has 4 nitrogen and oxygen atoms in total. The largest absolute Gasteiger partial charge is 0.455 e. The van der Waals surface area contributed by atoms with Crippen LogP contribution in [0.2, 0.25) is 0 Å². The van der Waals surface area contributed by atoms with Crippen molar-refractivity contribution in [3.8, 4) is 0 Å². The van der Waals surface area contributed by atoms with E-state index >= 15 is 0 Å². The zero-order valence-corrected chi connectivity index (χ0v) is 11.4. The molecule has 1 N–H and O–H groups in total. The Hall–Kier alpha value is -1.91. The van der Waals surface area contributed by atoms with E-state index in [1.807, 2.05) is 0 Å². The van der Waals surface area contributed by atoms with Crippen LogP contribution >= 0.6 is 0 Å². The highest BCUT2D eigenvalue weighted by molar-refractivity contribution is 5.86. The third-order valence-electron chi connectivity index (χ3n) is 3.84. The molecule has 1 fully saturated rings. The Morgan fingerprint density at radius 1 is 1.35 bits per heavy atom. The van der Waals surface area contributed by atoms with Gasteiger partial charge in [-0.2, -0.15) is 0 Å². The summed E-state index contributed by atoms with van der Waals surface area (Å²) in [4.78, 5) is 23.6. The molecule has 1 aromatic rings. The van der Waals surface area contributed by atoms with Gasteiger partial charge in [-0.15, -0.1) is 0 Å². The molecule has 108 valence electrons. The van der Waals surface area contributed by atoms with Crippen LogP contribution in [0.5, 0.6) is 0 Å². The van der Waals surface area contributed by atoms with Crippen molar-refractivity contribution in [1.82, 2.24) is 5.32 Å². The van der Waals surface area contributed by atoms with Gasteiger partial charge >= 0.3 is 5.97 Å². The Morgan fingerprint density at radius 3 is 2.65 bits per heavy atom. The first-order chi connectivity index (χ1) is 9.58. The molecule has 0 atom stereocenters. The molecular weight excluding hydrogens is 261 g/mol. The molecule has 1 aromatic carbocycles. The lowest BCUT2D eigenvalue weighted by atomic mass is 9.79. The Bertz CT molecular complexity index is 510. The van der Waals surface area contributed by atoms with Gasteiger partial charge in [-0.3, -0.25) is 9.59 Å². The normalized spacial score (nSPS) is 16.7. The lowest BCUT2D eigenvalue weighted by molar-refractivity contribution is -0.154. The molecule has 20 heavy (non-hydrogen) atoms. The Balaban J connectivity index is 2.21. The van der Waals surface area contributed by atoms with E-state index in [-0.39, 0.29) is 18.3 Å². The van der Waals surface area contributed by atoms with E-state index in [0.29, 0.717) is 18.4 Å². The molecule has 0 bridgehead atoms. The average molecular weight is 279 g/mol. The minimum atomic E-state index is -0.809. The lowest BCUT2D eigenvalue weighted by Gasteiger charge is -2.27. The topological polar surface area (TPSA) is 55.4 Å². The van der Waals surface area contributed by atoms with E-state index in [1.165, 1.54) is 19.2 Å². The van der Waals surface area contributed by atoms with E-state index in [2.05, 4.69) is 5.32 Å². The maximum Gasteiger partial charge on any atom is 0.317 e. The summed E-state index contributed by atoms with van der Waals surface area (Å²) < 4.78 is 18.5. The summed E-state index contributed by atoms with van der Waals surface area (Å²) in [5, 5.41) is 2.40. The molecule has 1 saturated carbocycles. The van der Waals surface area contributed by atoms with Gasteiger partial charge in [0.25, 0.3) is 5.91 Å². The standard InChI is InChI=1S/C15H18FNO3/c1-17-13(18)10-20-14(19)15(7-2-3-8-15)11-5-4-6-12(16)9-11/h4-6,9H,2-3,7-8,10H2,1H3,(H,17,18). The SMILES string of the molecule is CNC(=O)COC(=O)C1(c2cccc(F)c2)CCCC1. The van der Waals surface area contributed by atoms with Crippen LogP contribution in [0.1, 0.15) is 31.2 Å². The van der Waals surface area contributed by atoms with Crippen molar-refractivity contribution < 1.29 is 18.7 Å². The predicted molar refractivity (Wildman–Crippen MR) is 71.6 cm³/mol. The number of likely N-dealkylation sites (N-methyl/N-ethyl adjacent to an activating group) is 1. The van der Waals surface area contributed by atoms with E-state index in [9.17, 15) is 14.0 Å². The van der Waals surface area contributed by atoms with Crippen LogP contribution in [-0.4, -0.2) is 25.5 Å². The Morgan fingerprint density at radius 2 is 2.05 bits per heavy atom. The number of nitrogens with one attached hydrogen (secondary N) is 1. The first kappa shape index (κ1) is 14.5. The number of esters is 1. The fourth-order valence-corrected chi connectivity index (χ4v) is 2.72. The summed E-state index contributed by atoms with van der Waals surface area (Å²) in [6.07, 6.45) is 3.04. The summed E-state index contributed by atoms with van der Waals surface area (Å²) >= 11 is 0. The number of hydrogen-bond donors (Lipinski definition) is 1. The van der Waals surface area contributed by atoms with Crippen LogP contribution in [0.25, 0.3) is 0 Å². The van der Waals surface area contributed by atoms with E-state index in [4.69, 9.17) is 4.74 Å². The van der Waals surface area contributed by atoms with Crippen LogP contribution in [0.4, 0.5) is 4.39 Å². The van der Waals surface area contributed by atoms with Gasteiger partial charge in [0.15, 0.2) is 6.61 Å². The van der Waals surface area contributed by atoms with Gasteiger partial charge in [0.05, 0.1) is 5.41 Å². The van der Waals surface area contributed by atoms with Crippen LogP contribution in [0, 0.1) is 5.82 Å². The fraction of sp³-hybridized carbons (Fsp3) is 0.467.